The van der Waals surface area contributed by atoms with Gasteiger partial charge in [-0.1, -0.05) is 0 Å². The summed E-state index contributed by atoms with van der Waals surface area (Å²) < 4.78 is 1.48. The van der Waals surface area contributed by atoms with Crippen molar-refractivity contribution in [1.29, 1.82) is 0 Å². The maximum atomic E-state index is 12.0. The van der Waals surface area contributed by atoms with Crippen LogP contribution in [0, 0.1) is 0 Å². The molecule has 0 aliphatic heterocycles. The van der Waals surface area contributed by atoms with Crippen LogP contribution >= 0.6 is 0 Å². The third-order valence-electron chi connectivity index (χ3n) is 3.63. The molecule has 98 valence electrons. The minimum atomic E-state index is -1.20. The Labute approximate surface area is 105 Å². The molecule has 1 aromatic rings. The van der Waals surface area contributed by atoms with Gasteiger partial charge in [-0.05, 0) is 44.7 Å². The lowest BCUT2D eigenvalue weighted by Gasteiger charge is -2.33. The topological polar surface area (TPSA) is 79.5 Å². The van der Waals surface area contributed by atoms with Crippen molar-refractivity contribution >= 4 is 5.97 Å². The zero-order valence-corrected chi connectivity index (χ0v) is 10.3. The molecule has 0 saturated heterocycles. The average molecular weight is 251 g/mol. The molecule has 18 heavy (non-hydrogen) atoms. The number of carboxylic acids is 1. The minimum Gasteiger partial charge on any atom is -0.477 e. The van der Waals surface area contributed by atoms with Gasteiger partial charge in [0.05, 0.1) is 5.60 Å². The van der Waals surface area contributed by atoms with E-state index in [9.17, 15) is 14.7 Å². The molecule has 0 spiro atoms. The molecule has 1 aliphatic carbocycles. The van der Waals surface area contributed by atoms with Crippen molar-refractivity contribution in [2.24, 2.45) is 0 Å². The van der Waals surface area contributed by atoms with E-state index >= 15 is 0 Å². The number of aliphatic hydroxyl groups is 1. The first-order chi connectivity index (χ1) is 8.41. The highest BCUT2D eigenvalue weighted by Gasteiger charge is 2.30. The van der Waals surface area contributed by atoms with Crippen molar-refractivity contribution in [2.45, 2.75) is 44.2 Å². The van der Waals surface area contributed by atoms with E-state index in [1.165, 1.54) is 10.6 Å². The molecule has 0 unspecified atom stereocenters. The van der Waals surface area contributed by atoms with E-state index in [0.717, 1.165) is 0 Å². The maximum absolute atomic E-state index is 12.0. The van der Waals surface area contributed by atoms with Crippen LogP contribution in [0.3, 0.4) is 0 Å². The zero-order chi connectivity index (χ0) is 13.3. The summed E-state index contributed by atoms with van der Waals surface area (Å²) >= 11 is 0. The molecule has 2 N–H and O–H groups in total. The highest BCUT2D eigenvalue weighted by Crippen LogP contribution is 2.33. The number of aromatic carboxylic acids is 1. The van der Waals surface area contributed by atoms with Crippen LogP contribution in [-0.4, -0.2) is 26.4 Å². The van der Waals surface area contributed by atoms with E-state index in [0.29, 0.717) is 25.7 Å². The lowest BCUT2D eigenvalue weighted by molar-refractivity contribution is 0.00944. The normalized spacial score (nSPS) is 28.0. The van der Waals surface area contributed by atoms with Gasteiger partial charge in [-0.25, -0.2) is 4.79 Å². The summed E-state index contributed by atoms with van der Waals surface area (Å²) in [5.41, 5.74) is -1.32. The summed E-state index contributed by atoms with van der Waals surface area (Å²) in [7, 11) is 0. The Morgan fingerprint density at radius 3 is 2.61 bits per heavy atom. The molecular formula is C13H17NO4. The molecule has 0 amide bonds. The Hall–Kier alpha value is -1.62. The van der Waals surface area contributed by atoms with Gasteiger partial charge in [0.2, 0.25) is 0 Å². The van der Waals surface area contributed by atoms with Gasteiger partial charge in [-0.3, -0.25) is 4.79 Å². The van der Waals surface area contributed by atoms with Gasteiger partial charge in [0.15, 0.2) is 0 Å². The van der Waals surface area contributed by atoms with Crippen molar-refractivity contribution in [3.8, 4) is 0 Å². The fourth-order valence-electron chi connectivity index (χ4n) is 2.46. The highest BCUT2D eigenvalue weighted by atomic mass is 16.4. The molecule has 0 atom stereocenters. The molecule has 1 aromatic heterocycles. The molecule has 1 fully saturated rings. The number of pyridine rings is 1. The number of carbonyl (C=O) groups is 1. The Balaban J connectivity index is 2.28. The van der Waals surface area contributed by atoms with Crippen LogP contribution in [0.1, 0.15) is 49.0 Å². The largest absolute Gasteiger partial charge is 0.477 e. The number of aromatic nitrogens is 1. The molecule has 5 nitrogen and oxygen atoms in total. The summed E-state index contributed by atoms with van der Waals surface area (Å²) in [6, 6.07) is 2.88. The van der Waals surface area contributed by atoms with Gasteiger partial charge in [0.1, 0.15) is 5.56 Å². The van der Waals surface area contributed by atoms with Crippen LogP contribution in [0.5, 0.6) is 0 Å². The Morgan fingerprint density at radius 1 is 1.44 bits per heavy atom. The first kappa shape index (κ1) is 12.8. The monoisotopic (exact) mass is 251 g/mol. The maximum Gasteiger partial charge on any atom is 0.341 e. The van der Waals surface area contributed by atoms with Gasteiger partial charge in [-0.15, -0.1) is 0 Å². The van der Waals surface area contributed by atoms with Crippen LogP contribution in [0.25, 0.3) is 0 Å². The van der Waals surface area contributed by atoms with Crippen molar-refractivity contribution in [2.75, 3.05) is 0 Å². The van der Waals surface area contributed by atoms with Crippen LogP contribution < -0.4 is 5.56 Å². The summed E-state index contributed by atoms with van der Waals surface area (Å²) in [5.74, 6) is -1.20. The molecule has 1 aliphatic rings. The van der Waals surface area contributed by atoms with Gasteiger partial charge in [0.25, 0.3) is 5.56 Å². The van der Waals surface area contributed by atoms with Crippen LogP contribution in [0.2, 0.25) is 0 Å². The van der Waals surface area contributed by atoms with Crippen LogP contribution in [0.15, 0.2) is 23.1 Å². The van der Waals surface area contributed by atoms with E-state index in [1.54, 1.807) is 19.2 Å². The SMILES string of the molecule is C[C@]1(O)CC[C@H](n2cccc(C(=O)O)c2=O)CC1. The third kappa shape index (κ3) is 2.46. The fraction of sp³-hybridized carbons (Fsp3) is 0.538. The fourth-order valence-corrected chi connectivity index (χ4v) is 2.46. The number of nitrogens with zero attached hydrogens (tertiary/aromatic N) is 1. The van der Waals surface area contributed by atoms with Gasteiger partial charge in [-0.2, -0.15) is 0 Å². The lowest BCUT2D eigenvalue weighted by atomic mass is 9.83. The van der Waals surface area contributed by atoms with Crippen LogP contribution in [0.4, 0.5) is 0 Å². The molecule has 0 radical (unpaired) electrons. The average Bonchev–Trinajstić information content (AvgIpc) is 2.29. The second-order valence-corrected chi connectivity index (χ2v) is 5.17. The standard InChI is InChI=1S/C13H17NO4/c1-13(18)6-4-9(5-7-13)14-8-2-3-10(11(14)15)12(16)17/h2-3,8-9,18H,4-7H2,1H3,(H,16,17)/t9-,13-. The van der Waals surface area contributed by atoms with Crippen molar-refractivity contribution < 1.29 is 15.0 Å². The first-order valence-corrected chi connectivity index (χ1v) is 6.07. The number of carboxylic acid groups (broad SMARTS) is 1. The Bertz CT molecular complexity index is 508. The van der Waals surface area contributed by atoms with E-state index in [4.69, 9.17) is 5.11 Å². The molecule has 5 heteroatoms. The lowest BCUT2D eigenvalue weighted by Crippen LogP contribution is -2.35. The minimum absolute atomic E-state index is 0.0166. The van der Waals surface area contributed by atoms with E-state index < -0.39 is 17.1 Å². The Morgan fingerprint density at radius 2 is 2.06 bits per heavy atom. The van der Waals surface area contributed by atoms with Gasteiger partial charge >= 0.3 is 5.97 Å². The summed E-state index contributed by atoms with van der Waals surface area (Å²) in [6.45, 7) is 1.79. The smallest absolute Gasteiger partial charge is 0.341 e. The van der Waals surface area contributed by atoms with Gasteiger partial charge in [0, 0.05) is 12.2 Å². The molecule has 1 heterocycles. The quantitative estimate of drug-likeness (QED) is 0.833. The number of rotatable bonds is 2. The van der Waals surface area contributed by atoms with Crippen molar-refractivity contribution in [1.82, 2.24) is 4.57 Å². The highest BCUT2D eigenvalue weighted by molar-refractivity contribution is 5.86. The summed E-state index contributed by atoms with van der Waals surface area (Å²) in [4.78, 5) is 22.9. The summed E-state index contributed by atoms with van der Waals surface area (Å²) in [5, 5.41) is 18.8. The second-order valence-electron chi connectivity index (χ2n) is 5.17. The molecule has 1 saturated carbocycles. The number of hydrogen-bond donors (Lipinski definition) is 2. The predicted octanol–water partition coefficient (Wildman–Crippen LogP) is 1.41. The Kier molecular flexibility index (Phi) is 3.26. The second kappa shape index (κ2) is 4.57. The van der Waals surface area contributed by atoms with Crippen molar-refractivity contribution in [3.05, 3.63) is 34.2 Å². The van der Waals surface area contributed by atoms with E-state index in [2.05, 4.69) is 0 Å². The molecule has 2 rings (SSSR count). The third-order valence-corrected chi connectivity index (χ3v) is 3.63. The van der Waals surface area contributed by atoms with E-state index in [1.807, 2.05) is 0 Å². The predicted molar refractivity (Wildman–Crippen MR) is 65.8 cm³/mol. The number of hydrogen-bond acceptors (Lipinski definition) is 3. The molecule has 0 aromatic carbocycles. The zero-order valence-electron chi connectivity index (χ0n) is 10.3. The van der Waals surface area contributed by atoms with Crippen molar-refractivity contribution in [3.63, 3.8) is 0 Å². The molecule has 0 bridgehead atoms. The summed E-state index contributed by atoms with van der Waals surface area (Å²) in [6.07, 6.45) is 4.26. The van der Waals surface area contributed by atoms with E-state index in [-0.39, 0.29) is 11.6 Å². The van der Waals surface area contributed by atoms with Gasteiger partial charge < -0.3 is 14.8 Å². The van der Waals surface area contributed by atoms with Crippen LogP contribution in [-0.2, 0) is 0 Å². The molecular weight excluding hydrogens is 234 g/mol. The first-order valence-electron chi connectivity index (χ1n) is 6.07.